The van der Waals surface area contributed by atoms with Gasteiger partial charge in [-0.05, 0) is 18.2 Å². The van der Waals surface area contributed by atoms with Crippen molar-refractivity contribution in [2.75, 3.05) is 26.2 Å². The Balaban J connectivity index is 1.27. The molecule has 0 aliphatic carbocycles. The average Bonchev–Trinajstić information content (AvgIpc) is 3.29. The molecule has 1 saturated heterocycles. The summed E-state index contributed by atoms with van der Waals surface area (Å²) in [4.78, 5) is 22.2. The van der Waals surface area contributed by atoms with Gasteiger partial charge < -0.3 is 9.47 Å². The maximum Gasteiger partial charge on any atom is 0.256 e. The predicted octanol–water partition coefficient (Wildman–Crippen LogP) is 3.75. The molecule has 3 heterocycles. The van der Waals surface area contributed by atoms with E-state index in [4.69, 9.17) is 4.98 Å². The molecule has 0 unspecified atom stereocenters. The lowest BCUT2D eigenvalue weighted by Gasteiger charge is -2.34. The van der Waals surface area contributed by atoms with Crippen LogP contribution in [0.3, 0.4) is 0 Å². The Bertz CT molecular complexity index is 1120. The molecule has 4 aromatic rings. The lowest BCUT2D eigenvalue weighted by molar-refractivity contribution is 0.0630. The normalized spacial score (nSPS) is 15.5. The van der Waals surface area contributed by atoms with Crippen molar-refractivity contribution in [2.45, 2.75) is 6.54 Å². The van der Waals surface area contributed by atoms with E-state index in [0.717, 1.165) is 59.7 Å². The molecule has 5 rings (SSSR count). The first-order valence-electron chi connectivity index (χ1n) is 9.59. The van der Waals surface area contributed by atoms with Gasteiger partial charge in [0.2, 0.25) is 0 Å². The molecule has 1 aliphatic heterocycles. The molecule has 142 valence electrons. The van der Waals surface area contributed by atoms with Gasteiger partial charge in [-0.25, -0.2) is 4.98 Å². The molecule has 1 amide bonds. The van der Waals surface area contributed by atoms with Crippen molar-refractivity contribution in [3.8, 4) is 0 Å². The van der Waals surface area contributed by atoms with Gasteiger partial charge in [0.25, 0.3) is 5.91 Å². The van der Waals surface area contributed by atoms with Crippen molar-refractivity contribution >= 4 is 38.4 Å². The van der Waals surface area contributed by atoms with Crippen LogP contribution in [0.15, 0.2) is 54.7 Å². The third-order valence-corrected chi connectivity index (χ3v) is 6.51. The van der Waals surface area contributed by atoms with Crippen molar-refractivity contribution in [3.63, 3.8) is 0 Å². The molecule has 0 bridgehead atoms. The van der Waals surface area contributed by atoms with Crippen LogP contribution in [0.25, 0.3) is 21.1 Å². The van der Waals surface area contributed by atoms with Crippen LogP contribution in [0.2, 0.25) is 0 Å². The second kappa shape index (κ2) is 7.04. The van der Waals surface area contributed by atoms with Crippen LogP contribution in [0.4, 0.5) is 0 Å². The SMILES string of the molecule is Cn1cc(C(=O)N2CCN(Cc3nc4ccccc4s3)CC2)c2ccccc21. The molecule has 0 spiro atoms. The van der Waals surface area contributed by atoms with Crippen LogP contribution >= 0.6 is 11.3 Å². The molecule has 28 heavy (non-hydrogen) atoms. The third-order valence-electron chi connectivity index (χ3n) is 5.48. The van der Waals surface area contributed by atoms with Crippen molar-refractivity contribution in [1.29, 1.82) is 0 Å². The Labute approximate surface area is 167 Å². The number of hydrogen-bond donors (Lipinski definition) is 0. The van der Waals surface area contributed by atoms with Gasteiger partial charge in [0.15, 0.2) is 0 Å². The topological polar surface area (TPSA) is 41.4 Å². The third kappa shape index (κ3) is 3.08. The van der Waals surface area contributed by atoms with E-state index in [1.54, 1.807) is 11.3 Å². The number of fused-ring (bicyclic) bond motifs is 2. The van der Waals surface area contributed by atoms with Crippen molar-refractivity contribution in [2.24, 2.45) is 7.05 Å². The maximum atomic E-state index is 13.1. The van der Waals surface area contributed by atoms with Gasteiger partial charge in [-0.15, -0.1) is 11.3 Å². The Morgan fingerprint density at radius 2 is 1.79 bits per heavy atom. The molecule has 0 radical (unpaired) electrons. The standard InChI is InChI=1S/C22H22N4OS/c1-24-14-17(16-6-2-4-8-19(16)24)22(27)26-12-10-25(11-13-26)15-21-23-18-7-3-5-9-20(18)28-21/h2-9,14H,10-13,15H2,1H3. The first-order chi connectivity index (χ1) is 13.7. The monoisotopic (exact) mass is 390 g/mol. The second-order valence-electron chi connectivity index (χ2n) is 7.31. The first-order valence-corrected chi connectivity index (χ1v) is 10.4. The molecule has 5 nitrogen and oxygen atoms in total. The number of carbonyl (C=O) groups excluding carboxylic acids is 1. The van der Waals surface area contributed by atoms with E-state index in [2.05, 4.69) is 29.2 Å². The van der Waals surface area contributed by atoms with Crippen LogP contribution in [-0.4, -0.2) is 51.4 Å². The van der Waals surface area contributed by atoms with E-state index in [-0.39, 0.29) is 5.91 Å². The zero-order valence-corrected chi connectivity index (χ0v) is 16.7. The van der Waals surface area contributed by atoms with Gasteiger partial charge in [0.1, 0.15) is 5.01 Å². The summed E-state index contributed by atoms with van der Waals surface area (Å²) in [7, 11) is 2.00. The number of rotatable bonds is 3. The highest BCUT2D eigenvalue weighted by Crippen LogP contribution is 2.24. The number of benzene rings is 2. The first kappa shape index (κ1) is 17.4. The van der Waals surface area contributed by atoms with Gasteiger partial charge in [-0.3, -0.25) is 9.69 Å². The van der Waals surface area contributed by atoms with E-state index in [1.165, 1.54) is 4.70 Å². The molecule has 1 fully saturated rings. The lowest BCUT2D eigenvalue weighted by atomic mass is 10.1. The van der Waals surface area contributed by atoms with Gasteiger partial charge in [-0.1, -0.05) is 30.3 Å². The number of thiazole rings is 1. The maximum absolute atomic E-state index is 13.1. The van der Waals surface area contributed by atoms with Crippen molar-refractivity contribution in [1.82, 2.24) is 19.4 Å². The Hall–Kier alpha value is -2.70. The number of aryl methyl sites for hydroxylation is 1. The van der Waals surface area contributed by atoms with Gasteiger partial charge >= 0.3 is 0 Å². The Morgan fingerprint density at radius 3 is 2.61 bits per heavy atom. The lowest BCUT2D eigenvalue weighted by Crippen LogP contribution is -2.48. The number of carbonyl (C=O) groups is 1. The highest BCUT2D eigenvalue weighted by atomic mass is 32.1. The molecule has 2 aromatic carbocycles. The molecular formula is C22H22N4OS. The van der Waals surface area contributed by atoms with Crippen LogP contribution in [0.5, 0.6) is 0 Å². The van der Waals surface area contributed by atoms with E-state index in [9.17, 15) is 4.79 Å². The van der Waals surface area contributed by atoms with Gasteiger partial charge in [0, 0.05) is 50.3 Å². The second-order valence-corrected chi connectivity index (χ2v) is 8.43. The summed E-state index contributed by atoms with van der Waals surface area (Å²) in [6, 6.07) is 16.4. The minimum absolute atomic E-state index is 0.136. The number of hydrogen-bond acceptors (Lipinski definition) is 4. The molecule has 0 N–H and O–H groups in total. The zero-order valence-electron chi connectivity index (χ0n) is 15.8. The quantitative estimate of drug-likeness (QED) is 0.535. The molecule has 1 aliphatic rings. The summed E-state index contributed by atoms with van der Waals surface area (Å²) in [5.41, 5.74) is 2.98. The van der Waals surface area contributed by atoms with Crippen LogP contribution in [0, 0.1) is 0 Å². The minimum atomic E-state index is 0.136. The summed E-state index contributed by atoms with van der Waals surface area (Å²) in [6.07, 6.45) is 1.96. The number of piperazine rings is 1. The summed E-state index contributed by atoms with van der Waals surface area (Å²) in [5.74, 6) is 0.136. The fraction of sp³-hybridized carbons (Fsp3) is 0.273. The van der Waals surface area contributed by atoms with Crippen LogP contribution < -0.4 is 0 Å². The highest BCUT2D eigenvalue weighted by molar-refractivity contribution is 7.18. The fourth-order valence-corrected chi connectivity index (χ4v) is 4.98. The largest absolute Gasteiger partial charge is 0.350 e. The van der Waals surface area contributed by atoms with Gasteiger partial charge in [-0.2, -0.15) is 0 Å². The average molecular weight is 391 g/mol. The van der Waals surface area contributed by atoms with E-state index >= 15 is 0 Å². The summed E-state index contributed by atoms with van der Waals surface area (Å²) < 4.78 is 3.27. The summed E-state index contributed by atoms with van der Waals surface area (Å²) in [6.45, 7) is 4.13. The Morgan fingerprint density at radius 1 is 1.04 bits per heavy atom. The molecule has 2 aromatic heterocycles. The number of aromatic nitrogens is 2. The Kier molecular flexibility index (Phi) is 4.37. The van der Waals surface area contributed by atoms with Gasteiger partial charge in [0.05, 0.1) is 22.3 Å². The van der Waals surface area contributed by atoms with E-state index in [1.807, 2.05) is 47.0 Å². The molecule has 6 heteroatoms. The number of amides is 1. The van der Waals surface area contributed by atoms with Crippen LogP contribution in [0.1, 0.15) is 15.4 Å². The van der Waals surface area contributed by atoms with Crippen molar-refractivity contribution < 1.29 is 4.79 Å². The van der Waals surface area contributed by atoms with Crippen molar-refractivity contribution in [3.05, 3.63) is 65.3 Å². The molecule has 0 atom stereocenters. The number of para-hydroxylation sites is 2. The highest BCUT2D eigenvalue weighted by Gasteiger charge is 2.25. The summed E-state index contributed by atoms with van der Waals surface area (Å²) in [5, 5.41) is 2.18. The molecule has 0 saturated carbocycles. The van der Waals surface area contributed by atoms with E-state index < -0.39 is 0 Å². The van der Waals surface area contributed by atoms with Crippen LogP contribution in [-0.2, 0) is 13.6 Å². The fourth-order valence-electron chi connectivity index (χ4n) is 3.97. The minimum Gasteiger partial charge on any atom is -0.350 e. The van der Waals surface area contributed by atoms with E-state index in [0.29, 0.717) is 0 Å². The summed E-state index contributed by atoms with van der Waals surface area (Å²) >= 11 is 1.76. The molecular weight excluding hydrogens is 368 g/mol. The number of nitrogens with zero attached hydrogens (tertiary/aromatic N) is 4. The smallest absolute Gasteiger partial charge is 0.256 e. The zero-order chi connectivity index (χ0) is 19.1. The predicted molar refractivity (Wildman–Crippen MR) is 114 cm³/mol.